The van der Waals surface area contributed by atoms with Crippen molar-refractivity contribution < 1.29 is 23.7 Å². The van der Waals surface area contributed by atoms with Gasteiger partial charge in [0.15, 0.2) is 0 Å². The quantitative estimate of drug-likeness (QED) is 0.250. The summed E-state index contributed by atoms with van der Waals surface area (Å²) in [6.07, 6.45) is 5.49. The van der Waals surface area contributed by atoms with Gasteiger partial charge in [-0.05, 0) is 48.9 Å². The van der Waals surface area contributed by atoms with Crippen LogP contribution in [-0.2, 0) is 4.74 Å². The fourth-order valence-electron chi connectivity index (χ4n) is 2.61. The molecular weight excluding hydrogens is 420 g/mol. The Labute approximate surface area is 188 Å². The Kier molecular flexibility index (Phi) is 11.1. The van der Waals surface area contributed by atoms with E-state index < -0.39 is 6.09 Å². The third-order valence-electron chi connectivity index (χ3n) is 4.22. The molecule has 2 aromatic rings. The molecule has 31 heavy (non-hydrogen) atoms. The number of hydrazone groups is 1. The van der Waals surface area contributed by atoms with Crippen molar-refractivity contribution in [1.29, 1.82) is 0 Å². The van der Waals surface area contributed by atoms with Crippen molar-refractivity contribution >= 4 is 23.9 Å². The summed E-state index contributed by atoms with van der Waals surface area (Å²) in [6.45, 7) is 3.60. The molecule has 0 spiro atoms. The summed E-state index contributed by atoms with van der Waals surface area (Å²) >= 11 is 6.03. The monoisotopic (exact) mass is 448 g/mol. The summed E-state index contributed by atoms with van der Waals surface area (Å²) in [5.74, 6) is 2.14. The normalized spacial score (nSPS) is 10.7. The second-order valence-electron chi connectivity index (χ2n) is 6.62. The average Bonchev–Trinajstić information content (AvgIpc) is 2.78. The van der Waals surface area contributed by atoms with Crippen molar-refractivity contribution in [3.8, 4) is 17.2 Å². The van der Waals surface area contributed by atoms with Gasteiger partial charge in [0, 0.05) is 10.6 Å². The molecular formula is C23H29ClN2O5. The Morgan fingerprint density at radius 3 is 2.32 bits per heavy atom. The first-order valence-corrected chi connectivity index (χ1v) is 10.6. The molecule has 2 aromatic carbocycles. The Morgan fingerprint density at radius 1 is 0.968 bits per heavy atom. The van der Waals surface area contributed by atoms with Crippen molar-refractivity contribution in [1.82, 2.24) is 5.43 Å². The summed E-state index contributed by atoms with van der Waals surface area (Å²) in [7, 11) is 1.26. The second kappa shape index (κ2) is 14.1. The van der Waals surface area contributed by atoms with Crippen LogP contribution in [-0.4, -0.2) is 39.2 Å². The fourth-order valence-corrected chi connectivity index (χ4v) is 2.79. The van der Waals surface area contributed by atoms with Gasteiger partial charge < -0.3 is 18.9 Å². The molecule has 0 saturated carbocycles. The van der Waals surface area contributed by atoms with Gasteiger partial charge in [0.05, 0.1) is 19.9 Å². The maximum absolute atomic E-state index is 11.1. The van der Waals surface area contributed by atoms with E-state index in [-0.39, 0.29) is 0 Å². The van der Waals surface area contributed by atoms with Gasteiger partial charge in [-0.15, -0.1) is 0 Å². The lowest BCUT2D eigenvalue weighted by molar-refractivity contribution is 0.171. The van der Waals surface area contributed by atoms with Gasteiger partial charge in [-0.3, -0.25) is 0 Å². The zero-order chi connectivity index (χ0) is 22.3. The Balaban J connectivity index is 1.76. The topological polar surface area (TPSA) is 78.4 Å². The number of hydrogen-bond donors (Lipinski definition) is 1. The van der Waals surface area contributed by atoms with Crippen molar-refractivity contribution in [2.24, 2.45) is 5.10 Å². The van der Waals surface area contributed by atoms with E-state index in [1.165, 1.54) is 32.6 Å². The van der Waals surface area contributed by atoms with E-state index in [0.717, 1.165) is 24.5 Å². The van der Waals surface area contributed by atoms with Gasteiger partial charge in [-0.2, -0.15) is 5.10 Å². The molecule has 168 valence electrons. The average molecular weight is 449 g/mol. The van der Waals surface area contributed by atoms with Crippen LogP contribution in [0.4, 0.5) is 4.79 Å². The highest BCUT2D eigenvalue weighted by Gasteiger charge is 2.04. The second-order valence-corrected chi connectivity index (χ2v) is 7.06. The smallest absolute Gasteiger partial charge is 0.427 e. The van der Waals surface area contributed by atoms with Crippen molar-refractivity contribution in [2.75, 3.05) is 26.9 Å². The Hall–Kier alpha value is -2.93. The summed E-state index contributed by atoms with van der Waals surface area (Å²) in [5.41, 5.74) is 2.83. The zero-order valence-electron chi connectivity index (χ0n) is 17.9. The molecule has 0 aliphatic rings. The van der Waals surface area contributed by atoms with Crippen LogP contribution in [0.15, 0.2) is 47.6 Å². The zero-order valence-corrected chi connectivity index (χ0v) is 18.7. The maximum Gasteiger partial charge on any atom is 0.427 e. The molecule has 0 unspecified atom stereocenters. The van der Waals surface area contributed by atoms with Gasteiger partial charge >= 0.3 is 6.09 Å². The van der Waals surface area contributed by atoms with Crippen molar-refractivity contribution in [2.45, 2.75) is 32.6 Å². The molecule has 2 rings (SSSR count). The van der Waals surface area contributed by atoms with Crippen LogP contribution < -0.4 is 19.6 Å². The Morgan fingerprint density at radius 2 is 1.65 bits per heavy atom. The molecule has 0 fully saturated rings. The number of hydrogen-bond acceptors (Lipinski definition) is 6. The van der Waals surface area contributed by atoms with Crippen LogP contribution >= 0.6 is 11.6 Å². The van der Waals surface area contributed by atoms with E-state index >= 15 is 0 Å². The number of halogens is 1. The Bertz CT molecular complexity index is 827. The van der Waals surface area contributed by atoms with Crippen LogP contribution in [0.25, 0.3) is 0 Å². The van der Waals surface area contributed by atoms with Crippen LogP contribution in [0.3, 0.4) is 0 Å². The summed E-state index contributed by atoms with van der Waals surface area (Å²) in [4.78, 5) is 11.1. The number of unbranched alkanes of at least 4 members (excludes halogenated alkanes) is 3. The summed E-state index contributed by atoms with van der Waals surface area (Å²) < 4.78 is 21.7. The molecule has 0 saturated heterocycles. The number of nitrogens with one attached hydrogen (secondary N) is 1. The molecule has 1 N–H and O–H groups in total. The first-order chi connectivity index (χ1) is 15.1. The molecule has 7 nitrogen and oxygen atoms in total. The summed E-state index contributed by atoms with van der Waals surface area (Å²) in [6, 6.07) is 12.7. The van der Waals surface area contributed by atoms with Gasteiger partial charge in [0.25, 0.3) is 0 Å². The molecule has 0 aliphatic heterocycles. The molecule has 0 aliphatic carbocycles. The molecule has 8 heteroatoms. The molecule has 0 bridgehead atoms. The number of methoxy groups -OCH3 is 1. The number of ether oxygens (including phenoxy) is 4. The number of carbonyl (C=O) groups excluding carboxylic acids is 1. The largest absolute Gasteiger partial charge is 0.494 e. The number of carbonyl (C=O) groups is 1. The number of amides is 1. The first-order valence-electron chi connectivity index (χ1n) is 10.3. The fraction of sp³-hybridized carbons (Fsp3) is 0.391. The predicted octanol–water partition coefficient (Wildman–Crippen LogP) is 5.45. The van der Waals surface area contributed by atoms with Crippen LogP contribution in [0.2, 0.25) is 5.02 Å². The van der Waals surface area contributed by atoms with Crippen LogP contribution in [0, 0.1) is 0 Å². The maximum atomic E-state index is 11.1. The molecule has 0 atom stereocenters. The molecule has 0 aromatic heterocycles. The van der Waals surface area contributed by atoms with E-state index in [1.807, 2.05) is 24.3 Å². The van der Waals surface area contributed by atoms with Crippen LogP contribution in [0.1, 0.15) is 38.2 Å². The first kappa shape index (κ1) is 24.3. The van der Waals surface area contributed by atoms with E-state index in [2.05, 4.69) is 22.2 Å². The van der Waals surface area contributed by atoms with E-state index in [9.17, 15) is 4.79 Å². The third kappa shape index (κ3) is 9.61. The SMILES string of the molecule is CCCCCCOc1ccc(OCCOc2ccc(Cl)cc2/C=N\NC(=O)OC)cc1. The predicted molar refractivity (Wildman–Crippen MR) is 122 cm³/mol. The van der Waals surface area contributed by atoms with Gasteiger partial charge in [0.1, 0.15) is 30.5 Å². The minimum Gasteiger partial charge on any atom is -0.494 e. The van der Waals surface area contributed by atoms with Crippen molar-refractivity contribution in [3.63, 3.8) is 0 Å². The molecule has 0 heterocycles. The highest BCUT2D eigenvalue weighted by atomic mass is 35.5. The highest BCUT2D eigenvalue weighted by Crippen LogP contribution is 2.22. The molecule has 1 amide bonds. The number of nitrogens with zero attached hydrogens (tertiary/aromatic N) is 1. The van der Waals surface area contributed by atoms with Gasteiger partial charge in [-0.1, -0.05) is 37.8 Å². The van der Waals surface area contributed by atoms with Gasteiger partial charge in [0.2, 0.25) is 0 Å². The third-order valence-corrected chi connectivity index (χ3v) is 4.45. The minimum absolute atomic E-state index is 0.322. The van der Waals surface area contributed by atoms with E-state index in [0.29, 0.717) is 29.5 Å². The van der Waals surface area contributed by atoms with E-state index in [4.69, 9.17) is 25.8 Å². The number of rotatable bonds is 13. The standard InChI is InChI=1S/C23H29ClN2O5/c1-3-4-5-6-13-29-20-8-10-21(11-9-20)30-14-15-31-22-12-7-19(24)16-18(22)17-25-26-23(27)28-2/h7-12,16-17H,3-6,13-15H2,1-2H3,(H,26,27)/b25-17-. The van der Waals surface area contributed by atoms with E-state index in [1.54, 1.807) is 18.2 Å². The van der Waals surface area contributed by atoms with Gasteiger partial charge in [-0.25, -0.2) is 10.2 Å². The lowest BCUT2D eigenvalue weighted by Gasteiger charge is -2.11. The van der Waals surface area contributed by atoms with Crippen LogP contribution in [0.5, 0.6) is 17.2 Å². The lowest BCUT2D eigenvalue weighted by Crippen LogP contribution is -2.17. The molecule has 0 radical (unpaired) electrons. The number of benzene rings is 2. The minimum atomic E-state index is -0.665. The highest BCUT2D eigenvalue weighted by molar-refractivity contribution is 6.30. The summed E-state index contributed by atoms with van der Waals surface area (Å²) in [5, 5.41) is 4.33. The van der Waals surface area contributed by atoms with Crippen molar-refractivity contribution in [3.05, 3.63) is 53.1 Å². The lowest BCUT2D eigenvalue weighted by atomic mass is 10.2.